The number of carbonyl (C=O) groups excluding carboxylic acids is 1. The number of methoxy groups -OCH3 is 1. The van der Waals surface area contributed by atoms with Crippen LogP contribution in [0.15, 0.2) is 40.3 Å². The molecule has 0 radical (unpaired) electrons. The molecule has 2 aromatic rings. The Morgan fingerprint density at radius 1 is 1.15 bits per heavy atom. The summed E-state index contributed by atoms with van der Waals surface area (Å²) in [6.07, 6.45) is 1.15. The number of aromatic amines is 2. The van der Waals surface area contributed by atoms with Gasteiger partial charge in [0.25, 0.3) is 5.56 Å². The van der Waals surface area contributed by atoms with E-state index in [0.717, 1.165) is 11.3 Å². The number of nitrogens with one attached hydrogen (secondary N) is 3. The highest BCUT2D eigenvalue weighted by atomic mass is 32.1. The topological polar surface area (TPSA) is 87.0 Å². The molecule has 140 valence electrons. The molecule has 0 unspecified atom stereocenters. The summed E-state index contributed by atoms with van der Waals surface area (Å²) in [6, 6.07) is 7.50. The first-order chi connectivity index (χ1) is 12.8. The lowest BCUT2D eigenvalue weighted by Crippen LogP contribution is -2.37. The number of hydrogen-bond donors (Lipinski definition) is 3. The quantitative estimate of drug-likeness (QED) is 0.689. The lowest BCUT2D eigenvalue weighted by Gasteiger charge is -2.39. The zero-order chi connectivity index (χ0) is 19.3. The molecular weight excluding hydrogens is 362 g/mol. The van der Waals surface area contributed by atoms with Gasteiger partial charge in [0.05, 0.1) is 18.6 Å². The monoisotopic (exact) mass is 383 g/mol. The Hall–Kier alpha value is -2.67. The first-order valence-corrected chi connectivity index (χ1v) is 9.24. The molecule has 0 fully saturated rings. The zero-order valence-corrected chi connectivity index (χ0v) is 16.3. The van der Waals surface area contributed by atoms with Crippen LogP contribution in [-0.4, -0.2) is 22.9 Å². The molecule has 6 nitrogen and oxygen atoms in total. The van der Waals surface area contributed by atoms with Gasteiger partial charge in [-0.05, 0) is 30.1 Å². The molecular formula is C20H21N3O3S. The molecule has 0 spiro atoms. The van der Waals surface area contributed by atoms with Gasteiger partial charge in [-0.15, -0.1) is 0 Å². The van der Waals surface area contributed by atoms with E-state index < -0.39 is 5.92 Å². The molecule has 4 rings (SSSR count). The lowest BCUT2D eigenvalue weighted by atomic mass is 9.69. The van der Waals surface area contributed by atoms with Crippen molar-refractivity contribution in [2.45, 2.75) is 32.6 Å². The van der Waals surface area contributed by atoms with E-state index in [1.54, 1.807) is 7.11 Å². The van der Waals surface area contributed by atoms with Gasteiger partial charge in [-0.2, -0.15) is 0 Å². The molecule has 0 saturated heterocycles. The number of ether oxygens (including phenoxy) is 1. The Morgan fingerprint density at radius 3 is 2.63 bits per heavy atom. The number of para-hydroxylation sites is 1. The number of Topliss-reactive ketones (excluding diaryl/α,β-unsaturated/α-hetero) is 1. The summed E-state index contributed by atoms with van der Waals surface area (Å²) in [7, 11) is 1.59. The van der Waals surface area contributed by atoms with Crippen molar-refractivity contribution in [2.75, 3.05) is 12.4 Å². The van der Waals surface area contributed by atoms with Crippen LogP contribution in [0.5, 0.6) is 5.75 Å². The molecule has 27 heavy (non-hydrogen) atoms. The van der Waals surface area contributed by atoms with Crippen LogP contribution < -0.4 is 15.6 Å². The van der Waals surface area contributed by atoms with Gasteiger partial charge in [0, 0.05) is 23.3 Å². The van der Waals surface area contributed by atoms with Gasteiger partial charge in [-0.1, -0.05) is 32.0 Å². The molecule has 3 N–H and O–H groups in total. The maximum atomic E-state index is 13.1. The number of anilines is 1. The summed E-state index contributed by atoms with van der Waals surface area (Å²) in [5, 5.41) is 3.28. The van der Waals surface area contributed by atoms with E-state index in [9.17, 15) is 9.59 Å². The molecule has 1 aliphatic heterocycles. The van der Waals surface area contributed by atoms with Crippen LogP contribution in [0.2, 0.25) is 0 Å². The molecule has 2 heterocycles. The van der Waals surface area contributed by atoms with Crippen molar-refractivity contribution in [2.24, 2.45) is 5.41 Å². The van der Waals surface area contributed by atoms with Crippen molar-refractivity contribution < 1.29 is 9.53 Å². The summed E-state index contributed by atoms with van der Waals surface area (Å²) in [4.78, 5) is 31.6. The van der Waals surface area contributed by atoms with E-state index >= 15 is 0 Å². The molecule has 1 aromatic carbocycles. The highest BCUT2D eigenvalue weighted by Crippen LogP contribution is 2.48. The van der Waals surface area contributed by atoms with Crippen molar-refractivity contribution >= 4 is 23.8 Å². The first-order valence-electron chi connectivity index (χ1n) is 8.83. The van der Waals surface area contributed by atoms with Crippen LogP contribution in [-0.2, 0) is 4.79 Å². The van der Waals surface area contributed by atoms with Crippen LogP contribution in [0.3, 0.4) is 0 Å². The molecule has 0 amide bonds. The maximum absolute atomic E-state index is 13.1. The standard InChI is InChI=1S/C20H21N3O3S/c1-20(2)8-11-15(12(24)9-20)14(10-6-4-5-7-13(10)26-3)16-17(21-11)22-19(27)23-18(16)25/h4-7,14H,8-9H2,1-3H3,(H3,21,22,23,25,27)/t14-/m1/s1. The van der Waals surface area contributed by atoms with E-state index in [1.807, 2.05) is 24.3 Å². The third-order valence-electron chi connectivity index (χ3n) is 5.20. The van der Waals surface area contributed by atoms with Crippen molar-refractivity contribution in [3.63, 3.8) is 0 Å². The highest BCUT2D eigenvalue weighted by molar-refractivity contribution is 7.71. The van der Waals surface area contributed by atoms with E-state index in [1.165, 1.54) is 0 Å². The highest BCUT2D eigenvalue weighted by Gasteiger charge is 2.42. The van der Waals surface area contributed by atoms with Gasteiger partial charge in [0.2, 0.25) is 0 Å². The van der Waals surface area contributed by atoms with Crippen molar-refractivity contribution in [3.8, 4) is 5.75 Å². The summed E-state index contributed by atoms with van der Waals surface area (Å²) >= 11 is 5.15. The molecule has 0 bridgehead atoms. The van der Waals surface area contributed by atoms with Crippen molar-refractivity contribution in [1.29, 1.82) is 0 Å². The largest absolute Gasteiger partial charge is 0.496 e. The van der Waals surface area contributed by atoms with Gasteiger partial charge in [0.1, 0.15) is 11.6 Å². The van der Waals surface area contributed by atoms with Gasteiger partial charge in [-0.3, -0.25) is 14.6 Å². The van der Waals surface area contributed by atoms with Crippen molar-refractivity contribution in [3.05, 3.63) is 61.8 Å². The normalized spacial score (nSPS) is 20.6. The maximum Gasteiger partial charge on any atom is 0.257 e. The average Bonchev–Trinajstić information content (AvgIpc) is 2.58. The number of allylic oxidation sites excluding steroid dienone is 2. The van der Waals surface area contributed by atoms with E-state index in [-0.39, 0.29) is 21.5 Å². The number of rotatable bonds is 2. The summed E-state index contributed by atoms with van der Waals surface area (Å²) in [6.45, 7) is 4.15. The second kappa shape index (κ2) is 6.20. The van der Waals surface area contributed by atoms with Gasteiger partial charge in [-0.25, -0.2) is 0 Å². The second-order valence-corrected chi connectivity index (χ2v) is 8.24. The third kappa shape index (κ3) is 2.92. The predicted octanol–water partition coefficient (Wildman–Crippen LogP) is 3.64. The minimum Gasteiger partial charge on any atom is -0.496 e. The molecule has 1 atom stereocenters. The molecule has 2 aliphatic rings. The smallest absolute Gasteiger partial charge is 0.257 e. The number of aromatic nitrogens is 2. The fourth-order valence-corrected chi connectivity index (χ4v) is 4.36. The summed E-state index contributed by atoms with van der Waals surface area (Å²) in [5.41, 5.74) is 2.28. The van der Waals surface area contributed by atoms with E-state index in [2.05, 4.69) is 29.1 Å². The molecule has 7 heteroatoms. The minimum atomic E-state index is -0.508. The molecule has 0 saturated carbocycles. The van der Waals surface area contributed by atoms with Crippen LogP contribution in [0, 0.1) is 10.2 Å². The van der Waals surface area contributed by atoms with Gasteiger partial charge in [0.15, 0.2) is 10.6 Å². The van der Waals surface area contributed by atoms with Crippen LogP contribution in [0.25, 0.3) is 0 Å². The zero-order valence-electron chi connectivity index (χ0n) is 15.4. The fourth-order valence-electron chi connectivity index (χ4n) is 4.16. The van der Waals surface area contributed by atoms with E-state index in [4.69, 9.17) is 17.0 Å². The SMILES string of the molecule is COc1ccccc1[C@@H]1C2=C(CC(C)(C)CC2=O)Nc2[nH]c(=S)[nH]c(=O)c21. The number of hydrogen-bond acceptors (Lipinski definition) is 5. The van der Waals surface area contributed by atoms with Gasteiger partial charge >= 0.3 is 0 Å². The molecule has 1 aromatic heterocycles. The van der Waals surface area contributed by atoms with Crippen molar-refractivity contribution in [1.82, 2.24) is 9.97 Å². The van der Waals surface area contributed by atoms with Crippen LogP contribution in [0.1, 0.15) is 43.7 Å². The lowest BCUT2D eigenvalue weighted by molar-refractivity contribution is -0.118. The minimum absolute atomic E-state index is 0.0529. The Labute approximate surface area is 161 Å². The van der Waals surface area contributed by atoms with Crippen LogP contribution in [0.4, 0.5) is 5.82 Å². The second-order valence-electron chi connectivity index (χ2n) is 7.83. The number of H-pyrrole nitrogens is 2. The van der Waals surface area contributed by atoms with Gasteiger partial charge < -0.3 is 15.0 Å². The molecule has 1 aliphatic carbocycles. The Balaban J connectivity index is 2.04. The predicted molar refractivity (Wildman–Crippen MR) is 106 cm³/mol. The summed E-state index contributed by atoms with van der Waals surface area (Å²) in [5.74, 6) is 0.731. The number of fused-ring (bicyclic) bond motifs is 1. The Kier molecular flexibility index (Phi) is 4.07. The fraction of sp³-hybridized carbons (Fsp3) is 0.350. The number of ketones is 1. The number of carbonyl (C=O) groups is 1. The Morgan fingerprint density at radius 2 is 1.89 bits per heavy atom. The Bertz CT molecular complexity index is 1090. The first kappa shape index (κ1) is 17.7. The summed E-state index contributed by atoms with van der Waals surface area (Å²) < 4.78 is 5.78. The van der Waals surface area contributed by atoms with Crippen LogP contribution >= 0.6 is 12.2 Å². The van der Waals surface area contributed by atoms with E-state index in [0.29, 0.717) is 35.5 Å². The number of benzene rings is 1. The average molecular weight is 383 g/mol. The third-order valence-corrected chi connectivity index (χ3v) is 5.41.